The predicted octanol–water partition coefficient (Wildman–Crippen LogP) is 3.58. The van der Waals surface area contributed by atoms with Crippen molar-refractivity contribution >= 4 is 29.4 Å². The number of nitrogens with one attached hydrogen (secondary N) is 1. The summed E-state index contributed by atoms with van der Waals surface area (Å²) >= 11 is 1.52. The molecule has 0 fully saturated rings. The minimum Gasteiger partial charge on any atom is -0.456 e. The summed E-state index contributed by atoms with van der Waals surface area (Å²) < 4.78 is 42.3. The molecule has 1 N–H and O–H groups in total. The Labute approximate surface area is 163 Å². The molecule has 5 nitrogen and oxygen atoms in total. The number of ketones is 1. The van der Waals surface area contributed by atoms with Crippen molar-refractivity contribution in [2.75, 3.05) is 19.4 Å². The molecule has 9 heteroatoms. The van der Waals surface area contributed by atoms with Gasteiger partial charge in [0.1, 0.15) is 6.54 Å². The fourth-order valence-electron chi connectivity index (χ4n) is 2.12. The van der Waals surface area contributed by atoms with Gasteiger partial charge in [-0.25, -0.2) is 0 Å². The monoisotopic (exact) mass is 411 g/mol. The average molecular weight is 411 g/mol. The molecule has 0 unspecified atom stereocenters. The van der Waals surface area contributed by atoms with Crippen molar-refractivity contribution in [2.24, 2.45) is 0 Å². The van der Waals surface area contributed by atoms with Crippen molar-refractivity contribution in [1.82, 2.24) is 5.32 Å². The molecule has 0 heterocycles. The number of carbonyl (C=O) groups excluding carboxylic acids is 3. The molecule has 0 aliphatic rings. The zero-order chi connectivity index (χ0) is 20.7. The molecule has 2 aromatic rings. The second kappa shape index (κ2) is 9.41. The summed E-state index contributed by atoms with van der Waals surface area (Å²) in [6.07, 6.45) is -2.60. The van der Waals surface area contributed by atoms with Crippen LogP contribution in [0.15, 0.2) is 53.4 Å². The van der Waals surface area contributed by atoms with Crippen LogP contribution in [0.4, 0.5) is 13.2 Å². The van der Waals surface area contributed by atoms with Crippen LogP contribution in [0.3, 0.4) is 0 Å². The summed E-state index contributed by atoms with van der Waals surface area (Å²) in [4.78, 5) is 36.5. The van der Waals surface area contributed by atoms with Gasteiger partial charge in [-0.1, -0.05) is 12.1 Å². The Kier molecular flexibility index (Phi) is 7.22. The first-order valence-electron chi connectivity index (χ1n) is 7.99. The van der Waals surface area contributed by atoms with Crippen LogP contribution in [0.25, 0.3) is 0 Å². The van der Waals surface area contributed by atoms with Crippen molar-refractivity contribution < 1.29 is 32.3 Å². The number of benzene rings is 2. The van der Waals surface area contributed by atoms with Crippen LogP contribution in [0.1, 0.15) is 26.3 Å². The Hall–Kier alpha value is -2.81. The average Bonchev–Trinajstić information content (AvgIpc) is 2.69. The molecule has 148 valence electrons. The number of carbonyl (C=O) groups is 3. The van der Waals surface area contributed by atoms with E-state index in [2.05, 4.69) is 5.32 Å². The number of ether oxygens (including phenoxy) is 1. The van der Waals surface area contributed by atoms with Crippen molar-refractivity contribution in [3.8, 4) is 0 Å². The molecule has 0 aliphatic carbocycles. The number of esters is 1. The van der Waals surface area contributed by atoms with Crippen molar-refractivity contribution in [1.29, 1.82) is 0 Å². The third-order valence-corrected chi connectivity index (χ3v) is 4.39. The topological polar surface area (TPSA) is 72.5 Å². The lowest BCUT2D eigenvalue weighted by molar-refractivity contribution is -0.141. The molecular weight excluding hydrogens is 395 g/mol. The SMILES string of the molecule is CSc1ccc(C(=O)COC(=O)CNC(=O)c2ccc(C(F)(F)F)cc2)cc1. The number of thioether (sulfide) groups is 1. The molecule has 0 spiro atoms. The number of alkyl halides is 3. The van der Waals surface area contributed by atoms with Gasteiger partial charge in [0.25, 0.3) is 5.91 Å². The maximum absolute atomic E-state index is 12.5. The third-order valence-electron chi connectivity index (χ3n) is 3.64. The highest BCUT2D eigenvalue weighted by Crippen LogP contribution is 2.29. The zero-order valence-electron chi connectivity index (χ0n) is 14.7. The van der Waals surface area contributed by atoms with Crippen molar-refractivity contribution in [3.63, 3.8) is 0 Å². The highest BCUT2D eigenvalue weighted by Gasteiger charge is 2.30. The van der Waals surface area contributed by atoms with E-state index in [4.69, 9.17) is 4.74 Å². The van der Waals surface area contributed by atoms with Gasteiger partial charge in [0.05, 0.1) is 5.56 Å². The van der Waals surface area contributed by atoms with E-state index < -0.39 is 42.6 Å². The Bertz CT molecular complexity index is 849. The van der Waals surface area contributed by atoms with Crippen LogP contribution in [0.5, 0.6) is 0 Å². The van der Waals surface area contributed by atoms with Crippen LogP contribution >= 0.6 is 11.8 Å². The standard InChI is InChI=1S/C19H16F3NO4S/c1-28-15-8-4-12(5-9-15)16(24)11-27-17(25)10-23-18(26)13-2-6-14(7-3-13)19(20,21)22/h2-9H,10-11H2,1H3,(H,23,26). The van der Waals surface area contributed by atoms with Crippen LogP contribution in [0.2, 0.25) is 0 Å². The van der Waals surface area contributed by atoms with Gasteiger partial charge < -0.3 is 10.1 Å². The molecule has 28 heavy (non-hydrogen) atoms. The summed E-state index contributed by atoms with van der Waals surface area (Å²) in [7, 11) is 0. The Morgan fingerprint density at radius 2 is 1.54 bits per heavy atom. The largest absolute Gasteiger partial charge is 0.456 e. The lowest BCUT2D eigenvalue weighted by atomic mass is 10.1. The van der Waals surface area contributed by atoms with Gasteiger partial charge in [-0.15, -0.1) is 11.8 Å². The quantitative estimate of drug-likeness (QED) is 0.428. The maximum atomic E-state index is 12.5. The zero-order valence-corrected chi connectivity index (χ0v) is 15.5. The number of rotatable bonds is 7. The molecule has 0 atom stereocenters. The molecule has 0 aromatic heterocycles. The van der Waals surface area contributed by atoms with Crippen molar-refractivity contribution in [2.45, 2.75) is 11.1 Å². The highest BCUT2D eigenvalue weighted by molar-refractivity contribution is 7.98. The fraction of sp³-hybridized carbons (Fsp3) is 0.211. The summed E-state index contributed by atoms with van der Waals surface area (Å²) in [5.74, 6) is -1.96. The van der Waals surface area contributed by atoms with E-state index >= 15 is 0 Å². The van der Waals surface area contributed by atoms with Gasteiger partial charge in [-0.05, 0) is 42.7 Å². The van der Waals surface area contributed by atoms with E-state index in [0.29, 0.717) is 5.56 Å². The number of Topliss-reactive ketones (excluding diaryl/α,β-unsaturated/α-hetero) is 1. The first kappa shape index (κ1) is 21.5. The lowest BCUT2D eigenvalue weighted by Gasteiger charge is -2.08. The normalized spacial score (nSPS) is 11.0. The summed E-state index contributed by atoms with van der Waals surface area (Å²) in [5.41, 5.74) is -0.530. The Morgan fingerprint density at radius 1 is 0.964 bits per heavy atom. The number of halogens is 3. The van der Waals surface area contributed by atoms with Gasteiger partial charge in [-0.2, -0.15) is 13.2 Å². The molecule has 0 bridgehead atoms. The van der Waals surface area contributed by atoms with Crippen LogP contribution in [-0.2, 0) is 15.7 Å². The van der Waals surface area contributed by atoms with Crippen LogP contribution < -0.4 is 5.32 Å². The maximum Gasteiger partial charge on any atom is 0.416 e. The second-order valence-corrected chi connectivity index (χ2v) is 6.45. The van der Waals surface area contributed by atoms with E-state index in [1.807, 2.05) is 6.26 Å². The first-order valence-corrected chi connectivity index (χ1v) is 9.21. The minimum atomic E-state index is -4.50. The van der Waals surface area contributed by atoms with E-state index in [-0.39, 0.29) is 5.56 Å². The van der Waals surface area contributed by atoms with E-state index in [0.717, 1.165) is 29.2 Å². The Morgan fingerprint density at radius 3 is 2.07 bits per heavy atom. The predicted molar refractivity (Wildman–Crippen MR) is 97.3 cm³/mol. The second-order valence-electron chi connectivity index (χ2n) is 5.57. The van der Waals surface area contributed by atoms with Gasteiger partial charge in [0.2, 0.25) is 0 Å². The molecular formula is C19H16F3NO4S. The van der Waals surface area contributed by atoms with Crippen LogP contribution in [-0.4, -0.2) is 37.1 Å². The van der Waals surface area contributed by atoms with Gasteiger partial charge in [0, 0.05) is 16.0 Å². The van der Waals surface area contributed by atoms with Gasteiger partial charge in [0.15, 0.2) is 12.4 Å². The smallest absolute Gasteiger partial charge is 0.416 e. The third kappa shape index (κ3) is 6.12. The Balaban J connectivity index is 1.79. The fourth-order valence-corrected chi connectivity index (χ4v) is 2.53. The summed E-state index contributed by atoms with van der Waals surface area (Å²) in [6, 6.07) is 10.3. The van der Waals surface area contributed by atoms with E-state index in [1.54, 1.807) is 24.3 Å². The molecule has 1 amide bonds. The van der Waals surface area contributed by atoms with Gasteiger partial charge >= 0.3 is 12.1 Å². The number of hydrogen-bond donors (Lipinski definition) is 1. The minimum absolute atomic E-state index is 0.0363. The van der Waals surface area contributed by atoms with E-state index in [9.17, 15) is 27.6 Å². The molecule has 0 radical (unpaired) electrons. The van der Waals surface area contributed by atoms with E-state index in [1.165, 1.54) is 11.8 Å². The highest BCUT2D eigenvalue weighted by atomic mass is 32.2. The number of amides is 1. The summed E-state index contributed by atoms with van der Waals surface area (Å²) in [6.45, 7) is -0.994. The lowest BCUT2D eigenvalue weighted by Crippen LogP contribution is -2.31. The first-order chi connectivity index (χ1) is 13.2. The van der Waals surface area contributed by atoms with Crippen LogP contribution in [0, 0.1) is 0 Å². The molecule has 0 saturated carbocycles. The van der Waals surface area contributed by atoms with Crippen molar-refractivity contribution in [3.05, 3.63) is 65.2 Å². The molecule has 2 rings (SSSR count). The summed E-state index contributed by atoms with van der Waals surface area (Å²) in [5, 5.41) is 2.23. The van der Waals surface area contributed by atoms with Gasteiger partial charge in [-0.3, -0.25) is 14.4 Å². The number of hydrogen-bond acceptors (Lipinski definition) is 5. The molecule has 2 aromatic carbocycles. The molecule has 0 saturated heterocycles. The molecule has 0 aliphatic heterocycles.